The molecule has 10 heteroatoms. The molecule has 35 heavy (non-hydrogen) atoms. The number of aryl methyl sites for hydroxylation is 3. The van der Waals surface area contributed by atoms with E-state index in [1.54, 1.807) is 18.0 Å². The first-order chi connectivity index (χ1) is 16.6. The molecule has 0 bridgehead atoms. The largest absolute Gasteiger partial charge is 0.341 e. The van der Waals surface area contributed by atoms with Gasteiger partial charge in [-0.1, -0.05) is 18.2 Å². The van der Waals surface area contributed by atoms with E-state index in [9.17, 15) is 13.2 Å². The SMILES string of the molecule is CCn1c(CCC(=O)N(C)Cc2c(C)nn(-c3ccccc3)c2C)nc2cc(S(N)(=O)=O)ccc21. The summed E-state index contributed by atoms with van der Waals surface area (Å²) in [5, 5.41) is 9.93. The van der Waals surface area contributed by atoms with Gasteiger partial charge in [-0.2, -0.15) is 5.10 Å². The summed E-state index contributed by atoms with van der Waals surface area (Å²) < 4.78 is 27.3. The summed E-state index contributed by atoms with van der Waals surface area (Å²) in [6, 6.07) is 14.6. The molecule has 1 amide bonds. The van der Waals surface area contributed by atoms with Crippen LogP contribution in [0.5, 0.6) is 0 Å². The van der Waals surface area contributed by atoms with Crippen molar-refractivity contribution in [2.24, 2.45) is 5.14 Å². The molecule has 0 radical (unpaired) electrons. The van der Waals surface area contributed by atoms with Crippen molar-refractivity contribution in [1.29, 1.82) is 0 Å². The van der Waals surface area contributed by atoms with Gasteiger partial charge in [0.15, 0.2) is 0 Å². The van der Waals surface area contributed by atoms with E-state index >= 15 is 0 Å². The molecule has 0 fully saturated rings. The molecular formula is C25H30N6O3S. The van der Waals surface area contributed by atoms with Crippen LogP contribution in [-0.2, 0) is 34.3 Å². The Morgan fingerprint density at radius 1 is 1.11 bits per heavy atom. The van der Waals surface area contributed by atoms with Gasteiger partial charge in [0.2, 0.25) is 15.9 Å². The molecule has 0 aliphatic rings. The lowest BCUT2D eigenvalue weighted by atomic mass is 10.1. The molecule has 0 aliphatic heterocycles. The van der Waals surface area contributed by atoms with E-state index in [0.29, 0.717) is 25.0 Å². The molecule has 4 aromatic rings. The number of amides is 1. The van der Waals surface area contributed by atoms with Crippen LogP contribution in [0.3, 0.4) is 0 Å². The number of sulfonamides is 1. The van der Waals surface area contributed by atoms with E-state index in [0.717, 1.165) is 34.0 Å². The average molecular weight is 495 g/mol. The van der Waals surface area contributed by atoms with Gasteiger partial charge in [-0.15, -0.1) is 0 Å². The lowest BCUT2D eigenvalue weighted by Crippen LogP contribution is -2.27. The van der Waals surface area contributed by atoms with E-state index in [2.05, 4.69) is 10.1 Å². The van der Waals surface area contributed by atoms with Crippen LogP contribution >= 0.6 is 0 Å². The lowest BCUT2D eigenvalue weighted by Gasteiger charge is -2.18. The highest BCUT2D eigenvalue weighted by Gasteiger charge is 2.19. The number of rotatable bonds is 8. The van der Waals surface area contributed by atoms with Crippen molar-refractivity contribution >= 4 is 27.0 Å². The molecule has 184 valence electrons. The molecule has 0 atom stereocenters. The normalized spacial score (nSPS) is 11.8. The molecule has 0 unspecified atom stereocenters. The number of benzene rings is 2. The fraction of sp³-hybridized carbons (Fsp3) is 0.320. The highest BCUT2D eigenvalue weighted by atomic mass is 32.2. The van der Waals surface area contributed by atoms with Crippen LogP contribution in [0, 0.1) is 13.8 Å². The summed E-state index contributed by atoms with van der Waals surface area (Å²) in [7, 11) is -2.02. The van der Waals surface area contributed by atoms with Crippen molar-refractivity contribution in [3.8, 4) is 5.69 Å². The Kier molecular flexibility index (Phi) is 6.77. The minimum absolute atomic E-state index is 0.00352. The highest BCUT2D eigenvalue weighted by molar-refractivity contribution is 7.89. The zero-order chi connectivity index (χ0) is 25.3. The smallest absolute Gasteiger partial charge is 0.238 e. The van der Waals surface area contributed by atoms with Crippen molar-refractivity contribution in [2.75, 3.05) is 7.05 Å². The zero-order valence-electron chi connectivity index (χ0n) is 20.4. The third-order valence-corrected chi connectivity index (χ3v) is 7.18. The first kappa shape index (κ1) is 24.6. The highest BCUT2D eigenvalue weighted by Crippen LogP contribution is 2.22. The number of aromatic nitrogens is 4. The molecule has 2 N–H and O–H groups in total. The van der Waals surface area contributed by atoms with Crippen molar-refractivity contribution in [3.63, 3.8) is 0 Å². The number of nitrogens with two attached hydrogens (primary N) is 1. The molecule has 9 nitrogen and oxygen atoms in total. The summed E-state index contributed by atoms with van der Waals surface area (Å²) in [5.74, 6) is 0.733. The Morgan fingerprint density at radius 2 is 1.83 bits per heavy atom. The average Bonchev–Trinajstić information content (AvgIpc) is 3.33. The van der Waals surface area contributed by atoms with Gasteiger partial charge < -0.3 is 9.47 Å². The Hall–Kier alpha value is -3.50. The standard InChI is InChI=1S/C25H30N6O3S/c1-5-30-23-12-11-20(35(26,33)34)15-22(23)27-24(30)13-14-25(32)29(4)16-21-17(2)28-31(18(21)3)19-9-7-6-8-10-19/h6-12,15H,5,13-14,16H2,1-4H3,(H2,26,33,34). The van der Waals surface area contributed by atoms with E-state index in [1.807, 2.05) is 60.4 Å². The molecule has 2 heterocycles. The van der Waals surface area contributed by atoms with E-state index in [-0.39, 0.29) is 17.2 Å². The molecule has 0 spiro atoms. The summed E-state index contributed by atoms with van der Waals surface area (Å²) in [6.45, 7) is 7.08. The Labute approximate surface area is 205 Å². The summed E-state index contributed by atoms with van der Waals surface area (Å²) in [6.07, 6.45) is 0.727. The summed E-state index contributed by atoms with van der Waals surface area (Å²) in [4.78, 5) is 19.3. The molecule has 2 aromatic carbocycles. The van der Waals surface area contributed by atoms with Crippen LogP contribution < -0.4 is 5.14 Å². The molecule has 0 saturated carbocycles. The monoisotopic (exact) mass is 494 g/mol. The third kappa shape index (κ3) is 4.98. The van der Waals surface area contributed by atoms with Gasteiger partial charge in [0.05, 0.1) is 27.3 Å². The number of nitrogens with zero attached hydrogens (tertiary/aromatic N) is 5. The molecular weight excluding hydrogens is 464 g/mol. The number of para-hydroxylation sites is 1. The van der Waals surface area contributed by atoms with Crippen LogP contribution in [0.2, 0.25) is 0 Å². The van der Waals surface area contributed by atoms with Gasteiger partial charge in [0.1, 0.15) is 5.82 Å². The van der Waals surface area contributed by atoms with Gasteiger partial charge >= 0.3 is 0 Å². The van der Waals surface area contributed by atoms with Crippen molar-refractivity contribution in [1.82, 2.24) is 24.2 Å². The second-order valence-corrected chi connectivity index (χ2v) is 10.2. The number of primary sulfonamides is 1. The first-order valence-corrected chi connectivity index (χ1v) is 13.0. The Bertz CT molecular complexity index is 1490. The molecule has 4 rings (SSSR count). The van der Waals surface area contributed by atoms with E-state index < -0.39 is 10.0 Å². The summed E-state index contributed by atoms with van der Waals surface area (Å²) >= 11 is 0. The fourth-order valence-corrected chi connectivity index (χ4v) is 4.87. The predicted octanol–water partition coefficient (Wildman–Crippen LogP) is 3.10. The minimum atomic E-state index is -3.81. The second-order valence-electron chi connectivity index (χ2n) is 8.61. The lowest BCUT2D eigenvalue weighted by molar-refractivity contribution is -0.130. The van der Waals surface area contributed by atoms with Crippen LogP contribution in [0.1, 0.15) is 36.1 Å². The first-order valence-electron chi connectivity index (χ1n) is 11.5. The maximum atomic E-state index is 13.0. The van der Waals surface area contributed by atoms with Crippen molar-refractivity contribution < 1.29 is 13.2 Å². The van der Waals surface area contributed by atoms with Crippen LogP contribution in [0.4, 0.5) is 0 Å². The number of carbonyl (C=O) groups excluding carboxylic acids is 1. The van der Waals surface area contributed by atoms with Gasteiger partial charge in [0, 0.05) is 44.2 Å². The number of imidazole rings is 1. The molecule has 0 aliphatic carbocycles. The van der Waals surface area contributed by atoms with Crippen molar-refractivity contribution in [3.05, 3.63) is 71.3 Å². The van der Waals surface area contributed by atoms with E-state index in [1.165, 1.54) is 12.1 Å². The van der Waals surface area contributed by atoms with Crippen LogP contribution in [0.25, 0.3) is 16.7 Å². The number of fused-ring (bicyclic) bond motifs is 1. The minimum Gasteiger partial charge on any atom is -0.341 e. The third-order valence-electron chi connectivity index (χ3n) is 6.27. The van der Waals surface area contributed by atoms with E-state index in [4.69, 9.17) is 5.14 Å². The number of carbonyl (C=O) groups is 1. The maximum absolute atomic E-state index is 13.0. The fourth-order valence-electron chi connectivity index (χ4n) is 4.34. The van der Waals surface area contributed by atoms with Crippen LogP contribution in [0.15, 0.2) is 53.4 Å². The second kappa shape index (κ2) is 9.63. The van der Waals surface area contributed by atoms with Crippen LogP contribution in [-0.4, -0.2) is 45.6 Å². The Morgan fingerprint density at radius 3 is 2.49 bits per heavy atom. The molecule has 0 saturated heterocycles. The quantitative estimate of drug-likeness (QED) is 0.404. The summed E-state index contributed by atoms with van der Waals surface area (Å²) in [5.41, 5.74) is 5.28. The number of hydrogen-bond donors (Lipinski definition) is 1. The number of hydrogen-bond acceptors (Lipinski definition) is 5. The van der Waals surface area contributed by atoms with Gasteiger partial charge in [-0.05, 0) is 51.1 Å². The predicted molar refractivity (Wildman–Crippen MR) is 135 cm³/mol. The zero-order valence-corrected chi connectivity index (χ0v) is 21.2. The van der Waals surface area contributed by atoms with Gasteiger partial charge in [0.25, 0.3) is 0 Å². The van der Waals surface area contributed by atoms with Gasteiger partial charge in [-0.25, -0.2) is 23.2 Å². The topological polar surface area (TPSA) is 116 Å². The Balaban J connectivity index is 1.49. The maximum Gasteiger partial charge on any atom is 0.238 e. The van der Waals surface area contributed by atoms with Crippen molar-refractivity contribution in [2.45, 2.75) is 51.6 Å². The molecule has 2 aromatic heterocycles. The van der Waals surface area contributed by atoms with Gasteiger partial charge in [-0.3, -0.25) is 4.79 Å².